The minimum Gasteiger partial charge on any atom is -0.456 e. The maximum Gasteiger partial charge on any atom is 0.135 e. The van der Waals surface area contributed by atoms with Crippen molar-refractivity contribution in [1.29, 1.82) is 0 Å². The molecule has 3 aromatic rings. The van der Waals surface area contributed by atoms with Crippen molar-refractivity contribution in [3.63, 3.8) is 0 Å². The van der Waals surface area contributed by atoms with Gasteiger partial charge in [-0.3, -0.25) is 0 Å². The van der Waals surface area contributed by atoms with Crippen LogP contribution in [0.15, 0.2) is 84.4 Å². The second-order valence-corrected chi connectivity index (χ2v) is 6.17. The van der Waals surface area contributed by atoms with E-state index in [1.54, 1.807) is 0 Å². The summed E-state index contributed by atoms with van der Waals surface area (Å²) in [7, 11) is 0. The van der Waals surface area contributed by atoms with Crippen molar-refractivity contribution in [3.8, 4) is 5.75 Å². The van der Waals surface area contributed by atoms with Crippen molar-refractivity contribution >= 4 is 5.76 Å². The number of fused-ring (bicyclic) bond motifs is 3. The Morgan fingerprint density at radius 3 is 2.39 bits per heavy atom. The Kier molecular flexibility index (Phi) is 2.68. The predicted molar refractivity (Wildman–Crippen MR) is 92.4 cm³/mol. The molecule has 0 amide bonds. The van der Waals surface area contributed by atoms with Crippen LogP contribution in [0.3, 0.4) is 0 Å². The molecule has 0 unspecified atom stereocenters. The van der Waals surface area contributed by atoms with Gasteiger partial charge in [0.25, 0.3) is 0 Å². The van der Waals surface area contributed by atoms with Crippen LogP contribution in [-0.4, -0.2) is 0 Å². The van der Waals surface area contributed by atoms with Gasteiger partial charge in [-0.25, -0.2) is 0 Å². The van der Waals surface area contributed by atoms with Crippen molar-refractivity contribution in [1.82, 2.24) is 0 Å². The number of benzene rings is 3. The third-order valence-corrected chi connectivity index (χ3v) is 4.86. The van der Waals surface area contributed by atoms with E-state index >= 15 is 0 Å². The molecule has 0 spiro atoms. The van der Waals surface area contributed by atoms with E-state index in [0.29, 0.717) is 0 Å². The molecular weight excluding hydrogens is 280 g/mol. The Morgan fingerprint density at radius 1 is 0.739 bits per heavy atom. The van der Waals surface area contributed by atoms with Crippen LogP contribution in [0.5, 0.6) is 5.75 Å². The van der Waals surface area contributed by atoms with E-state index in [9.17, 15) is 0 Å². The standard InChI is InChI=1S/C22H16O/c1-2-8-15(9-3-1)21-18-12-6-7-13-20(18)23-22-17-11-5-4-10-16(17)14-19(21)22/h1-13,21H,14H2/t21-/m0/s1. The quantitative estimate of drug-likeness (QED) is 0.601. The van der Waals surface area contributed by atoms with Crippen LogP contribution in [0.25, 0.3) is 5.76 Å². The molecule has 1 atom stereocenters. The molecule has 0 saturated carbocycles. The third kappa shape index (κ3) is 1.86. The van der Waals surface area contributed by atoms with E-state index in [-0.39, 0.29) is 5.92 Å². The molecular formula is C22H16O. The van der Waals surface area contributed by atoms with Crippen LogP contribution in [0.1, 0.15) is 28.2 Å². The monoisotopic (exact) mass is 296 g/mol. The summed E-state index contributed by atoms with van der Waals surface area (Å²) in [4.78, 5) is 0. The first kappa shape index (κ1) is 12.7. The summed E-state index contributed by atoms with van der Waals surface area (Å²) in [6.45, 7) is 0. The lowest BCUT2D eigenvalue weighted by Crippen LogP contribution is -2.14. The molecule has 0 bridgehead atoms. The van der Waals surface area contributed by atoms with Gasteiger partial charge in [-0.15, -0.1) is 0 Å². The topological polar surface area (TPSA) is 9.23 Å². The fourth-order valence-corrected chi connectivity index (χ4v) is 3.84. The number of rotatable bonds is 1. The molecule has 1 aliphatic carbocycles. The Hall–Kier alpha value is -2.80. The highest BCUT2D eigenvalue weighted by Crippen LogP contribution is 2.50. The highest BCUT2D eigenvalue weighted by molar-refractivity contribution is 5.78. The van der Waals surface area contributed by atoms with Crippen LogP contribution in [-0.2, 0) is 6.42 Å². The number of allylic oxidation sites excluding steroid dienone is 1. The average molecular weight is 296 g/mol. The minimum absolute atomic E-state index is 0.281. The van der Waals surface area contributed by atoms with Gasteiger partial charge in [-0.1, -0.05) is 72.8 Å². The summed E-state index contributed by atoms with van der Waals surface area (Å²) in [5, 5.41) is 0. The van der Waals surface area contributed by atoms with E-state index in [1.165, 1.54) is 27.8 Å². The van der Waals surface area contributed by atoms with Gasteiger partial charge in [0, 0.05) is 17.0 Å². The summed E-state index contributed by atoms with van der Waals surface area (Å²) < 4.78 is 6.31. The summed E-state index contributed by atoms with van der Waals surface area (Å²) in [5.74, 6) is 2.33. The predicted octanol–water partition coefficient (Wildman–Crippen LogP) is 5.18. The lowest BCUT2D eigenvalue weighted by molar-refractivity contribution is 0.486. The molecule has 0 fully saturated rings. The summed E-state index contributed by atoms with van der Waals surface area (Å²) >= 11 is 0. The molecule has 3 aromatic carbocycles. The van der Waals surface area contributed by atoms with E-state index in [0.717, 1.165) is 17.9 Å². The van der Waals surface area contributed by atoms with E-state index in [2.05, 4.69) is 72.8 Å². The molecule has 2 aliphatic rings. The van der Waals surface area contributed by atoms with Crippen LogP contribution in [0, 0.1) is 0 Å². The molecule has 23 heavy (non-hydrogen) atoms. The Balaban J connectivity index is 1.75. The second-order valence-electron chi connectivity index (χ2n) is 6.17. The Labute approximate surface area is 135 Å². The van der Waals surface area contributed by atoms with Crippen molar-refractivity contribution < 1.29 is 4.74 Å². The molecule has 1 heterocycles. The molecule has 1 aliphatic heterocycles. The van der Waals surface area contributed by atoms with Gasteiger partial charge in [0.2, 0.25) is 0 Å². The van der Waals surface area contributed by atoms with E-state index < -0.39 is 0 Å². The van der Waals surface area contributed by atoms with Crippen LogP contribution < -0.4 is 4.74 Å². The smallest absolute Gasteiger partial charge is 0.135 e. The maximum atomic E-state index is 6.31. The fourth-order valence-electron chi connectivity index (χ4n) is 3.84. The minimum atomic E-state index is 0.281. The zero-order valence-corrected chi connectivity index (χ0v) is 12.7. The van der Waals surface area contributed by atoms with Crippen molar-refractivity contribution in [2.75, 3.05) is 0 Å². The molecule has 1 nitrogen and oxygen atoms in total. The van der Waals surface area contributed by atoms with Crippen LogP contribution >= 0.6 is 0 Å². The highest BCUT2D eigenvalue weighted by atomic mass is 16.5. The van der Waals surface area contributed by atoms with Crippen molar-refractivity contribution in [3.05, 3.63) is 107 Å². The van der Waals surface area contributed by atoms with Gasteiger partial charge in [-0.05, 0) is 29.2 Å². The SMILES string of the molecule is c1ccc([C@@H]2C3=C(Oc4ccccc42)c2ccccc2C3)cc1. The number of hydrogen-bond acceptors (Lipinski definition) is 1. The van der Waals surface area contributed by atoms with Gasteiger partial charge >= 0.3 is 0 Å². The Bertz CT molecular complexity index is 921. The number of ether oxygens (including phenoxy) is 1. The van der Waals surface area contributed by atoms with Crippen LogP contribution in [0.4, 0.5) is 0 Å². The summed E-state index contributed by atoms with van der Waals surface area (Å²) in [6, 6.07) is 27.8. The average Bonchev–Trinajstić information content (AvgIpc) is 2.98. The first-order valence-corrected chi connectivity index (χ1v) is 8.05. The molecule has 110 valence electrons. The molecule has 5 rings (SSSR count). The lowest BCUT2D eigenvalue weighted by atomic mass is 9.82. The molecule has 0 saturated heterocycles. The van der Waals surface area contributed by atoms with Crippen molar-refractivity contribution in [2.45, 2.75) is 12.3 Å². The van der Waals surface area contributed by atoms with Gasteiger partial charge < -0.3 is 4.74 Å². The largest absolute Gasteiger partial charge is 0.456 e. The van der Waals surface area contributed by atoms with Gasteiger partial charge in [-0.2, -0.15) is 0 Å². The summed E-state index contributed by atoms with van der Waals surface area (Å²) in [6.07, 6.45) is 0.972. The third-order valence-electron chi connectivity index (χ3n) is 4.86. The molecule has 0 aromatic heterocycles. The first-order valence-electron chi connectivity index (χ1n) is 8.05. The first-order chi connectivity index (χ1) is 11.4. The normalized spacial score (nSPS) is 18.0. The van der Waals surface area contributed by atoms with Crippen molar-refractivity contribution in [2.24, 2.45) is 0 Å². The van der Waals surface area contributed by atoms with Gasteiger partial charge in [0.15, 0.2) is 0 Å². The lowest BCUT2D eigenvalue weighted by Gasteiger charge is -2.28. The number of para-hydroxylation sites is 1. The van der Waals surface area contributed by atoms with Crippen LogP contribution in [0.2, 0.25) is 0 Å². The zero-order valence-electron chi connectivity index (χ0n) is 12.7. The Morgan fingerprint density at radius 2 is 1.48 bits per heavy atom. The van der Waals surface area contributed by atoms with E-state index in [4.69, 9.17) is 4.74 Å². The maximum absolute atomic E-state index is 6.31. The van der Waals surface area contributed by atoms with Gasteiger partial charge in [0.05, 0.1) is 0 Å². The fraction of sp³-hybridized carbons (Fsp3) is 0.0909. The second kappa shape index (κ2) is 4.85. The molecule has 1 heteroatoms. The highest BCUT2D eigenvalue weighted by Gasteiger charge is 2.35. The van der Waals surface area contributed by atoms with Gasteiger partial charge in [0.1, 0.15) is 11.5 Å². The zero-order chi connectivity index (χ0) is 15.2. The number of hydrogen-bond donors (Lipinski definition) is 0. The van der Waals surface area contributed by atoms with E-state index in [1.807, 2.05) is 6.07 Å². The summed E-state index contributed by atoms with van der Waals surface area (Å²) in [5.41, 5.74) is 6.61. The molecule has 0 radical (unpaired) electrons. The molecule has 0 N–H and O–H groups in total.